The zero-order valence-corrected chi connectivity index (χ0v) is 16.0. The Hall–Kier alpha value is -2.79. The van der Waals surface area contributed by atoms with E-state index in [0.29, 0.717) is 13.2 Å². The number of aryl methyl sites for hydroxylation is 1. The second-order valence-electron chi connectivity index (χ2n) is 7.65. The maximum atomic E-state index is 12.9. The number of carbonyl (C=O) groups excluding carboxylic acids is 1. The predicted octanol–water partition coefficient (Wildman–Crippen LogP) is 4.03. The van der Waals surface area contributed by atoms with E-state index in [2.05, 4.69) is 18.3 Å². The number of para-hydroxylation sites is 1. The highest BCUT2D eigenvalue weighted by Crippen LogP contribution is 2.34. The summed E-state index contributed by atoms with van der Waals surface area (Å²) in [5.41, 5.74) is 3.74. The molecule has 3 aromatic rings. The Bertz CT molecular complexity index is 1030. The van der Waals surface area contributed by atoms with E-state index in [0.717, 1.165) is 65.1 Å². The van der Waals surface area contributed by atoms with Crippen molar-refractivity contribution in [2.24, 2.45) is 0 Å². The van der Waals surface area contributed by atoms with Crippen LogP contribution in [0.4, 0.5) is 0 Å². The van der Waals surface area contributed by atoms with Crippen LogP contribution in [0.15, 0.2) is 46.9 Å². The van der Waals surface area contributed by atoms with E-state index in [1.165, 1.54) is 0 Å². The molecule has 1 N–H and O–H groups in total. The number of benzene rings is 2. The zero-order valence-electron chi connectivity index (χ0n) is 16.0. The van der Waals surface area contributed by atoms with Crippen molar-refractivity contribution >= 4 is 16.9 Å². The molecule has 1 aromatic heterocycles. The van der Waals surface area contributed by atoms with Gasteiger partial charge in [0.2, 0.25) is 0 Å². The van der Waals surface area contributed by atoms with E-state index >= 15 is 0 Å². The minimum absolute atomic E-state index is 0.120. The van der Waals surface area contributed by atoms with Crippen LogP contribution in [-0.4, -0.2) is 29.9 Å². The van der Waals surface area contributed by atoms with Gasteiger partial charge in [0.05, 0.1) is 6.54 Å². The topological polar surface area (TPSA) is 54.7 Å². The van der Waals surface area contributed by atoms with Crippen molar-refractivity contribution in [3.05, 3.63) is 64.9 Å². The van der Waals surface area contributed by atoms with E-state index in [4.69, 9.17) is 9.15 Å². The second kappa shape index (κ2) is 6.99. The van der Waals surface area contributed by atoms with Gasteiger partial charge in [0.1, 0.15) is 23.7 Å². The molecule has 5 heteroatoms. The Labute approximate surface area is 164 Å². The molecule has 1 amide bonds. The highest BCUT2D eigenvalue weighted by molar-refractivity contribution is 5.99. The molecule has 3 heterocycles. The lowest BCUT2D eigenvalue weighted by atomic mass is 10.1. The Morgan fingerprint density at radius 1 is 1.21 bits per heavy atom. The summed E-state index contributed by atoms with van der Waals surface area (Å²) in [7, 11) is 0. The van der Waals surface area contributed by atoms with Gasteiger partial charge in [0, 0.05) is 34.7 Å². The molecule has 0 spiro atoms. The Morgan fingerprint density at radius 3 is 2.93 bits per heavy atom. The number of amides is 1. The molecule has 0 radical (unpaired) electrons. The summed E-state index contributed by atoms with van der Waals surface area (Å²) >= 11 is 0. The Kier molecular flexibility index (Phi) is 4.32. The second-order valence-corrected chi connectivity index (χ2v) is 7.65. The number of ether oxygens (including phenoxy) is 1. The summed E-state index contributed by atoms with van der Waals surface area (Å²) < 4.78 is 12.1. The number of fused-ring (bicyclic) bond motifs is 2. The fraction of sp³-hybridized carbons (Fsp3) is 0.348. The number of furan rings is 1. The van der Waals surface area contributed by atoms with Crippen LogP contribution in [0.5, 0.6) is 5.75 Å². The molecule has 5 rings (SSSR count). The van der Waals surface area contributed by atoms with Crippen LogP contribution in [0, 0.1) is 6.92 Å². The zero-order chi connectivity index (χ0) is 19.1. The van der Waals surface area contributed by atoms with Crippen LogP contribution in [0.25, 0.3) is 11.0 Å². The van der Waals surface area contributed by atoms with Gasteiger partial charge in [-0.1, -0.05) is 24.3 Å². The van der Waals surface area contributed by atoms with Gasteiger partial charge in [-0.25, -0.2) is 0 Å². The van der Waals surface area contributed by atoms with E-state index in [1.807, 2.05) is 41.3 Å². The molecule has 2 aliphatic rings. The molecule has 1 unspecified atom stereocenters. The average molecular weight is 376 g/mol. The molecule has 5 nitrogen and oxygen atoms in total. The molecule has 2 aromatic carbocycles. The minimum atomic E-state index is 0.120. The van der Waals surface area contributed by atoms with Crippen LogP contribution in [0.2, 0.25) is 0 Å². The summed E-state index contributed by atoms with van der Waals surface area (Å²) in [5.74, 6) is 1.72. The molecule has 2 aliphatic heterocycles. The fourth-order valence-electron chi connectivity index (χ4n) is 4.36. The highest BCUT2D eigenvalue weighted by Gasteiger charge is 2.35. The van der Waals surface area contributed by atoms with Crippen LogP contribution in [0.1, 0.15) is 40.1 Å². The molecule has 144 valence electrons. The largest absolute Gasteiger partial charge is 0.485 e. The van der Waals surface area contributed by atoms with Crippen molar-refractivity contribution in [3.8, 4) is 5.75 Å². The first-order valence-electron chi connectivity index (χ1n) is 9.96. The summed E-state index contributed by atoms with van der Waals surface area (Å²) in [5, 5.41) is 4.52. The molecular formula is C23H24N2O3. The van der Waals surface area contributed by atoms with Crippen molar-refractivity contribution < 1.29 is 13.9 Å². The van der Waals surface area contributed by atoms with Crippen LogP contribution in [-0.2, 0) is 13.2 Å². The Balaban J connectivity index is 1.38. The standard InChI is InChI=1S/C23H24N2O3/c1-15-17-7-2-3-9-21(17)28-22(15)14-27-20-10-4-8-18-19(20)13-25(23(18)26)16-6-5-11-24-12-16/h2-4,7-10,16,24H,5-6,11-14H2,1H3. The lowest BCUT2D eigenvalue weighted by molar-refractivity contribution is 0.0674. The molecule has 0 saturated carbocycles. The quantitative estimate of drug-likeness (QED) is 0.747. The van der Waals surface area contributed by atoms with Crippen LogP contribution < -0.4 is 10.1 Å². The number of nitrogens with one attached hydrogen (secondary N) is 1. The number of carbonyl (C=O) groups is 1. The first kappa shape index (κ1) is 17.3. The van der Waals surface area contributed by atoms with Crippen molar-refractivity contribution in [2.45, 2.75) is 39.0 Å². The SMILES string of the molecule is Cc1c(COc2cccc3c2CN(C2CCCNC2)C3=O)oc2ccccc12. The average Bonchev–Trinajstić information content (AvgIpc) is 3.25. The summed E-state index contributed by atoms with van der Waals surface area (Å²) in [6, 6.07) is 14.0. The third-order valence-electron chi connectivity index (χ3n) is 5.97. The number of piperidine rings is 1. The number of rotatable bonds is 4. The first-order chi connectivity index (χ1) is 13.7. The van der Waals surface area contributed by atoms with Gasteiger partial charge in [0.25, 0.3) is 5.91 Å². The number of nitrogens with zero attached hydrogens (tertiary/aromatic N) is 1. The van der Waals surface area contributed by atoms with E-state index < -0.39 is 0 Å². The predicted molar refractivity (Wildman–Crippen MR) is 107 cm³/mol. The van der Waals surface area contributed by atoms with Crippen LogP contribution in [0.3, 0.4) is 0 Å². The Morgan fingerprint density at radius 2 is 2.11 bits per heavy atom. The van der Waals surface area contributed by atoms with Gasteiger partial charge in [0.15, 0.2) is 0 Å². The summed E-state index contributed by atoms with van der Waals surface area (Å²) in [4.78, 5) is 14.9. The van der Waals surface area contributed by atoms with Gasteiger partial charge < -0.3 is 19.4 Å². The van der Waals surface area contributed by atoms with Gasteiger partial charge in [-0.05, 0) is 44.5 Å². The highest BCUT2D eigenvalue weighted by atomic mass is 16.5. The van der Waals surface area contributed by atoms with E-state index in [-0.39, 0.29) is 11.9 Å². The van der Waals surface area contributed by atoms with Crippen LogP contribution >= 0.6 is 0 Å². The fourth-order valence-corrected chi connectivity index (χ4v) is 4.36. The van der Waals surface area contributed by atoms with E-state index in [9.17, 15) is 4.79 Å². The normalized spacial score (nSPS) is 19.2. The van der Waals surface area contributed by atoms with Crippen molar-refractivity contribution in [1.29, 1.82) is 0 Å². The third kappa shape index (κ3) is 2.87. The van der Waals surface area contributed by atoms with E-state index in [1.54, 1.807) is 0 Å². The molecular weight excluding hydrogens is 352 g/mol. The summed E-state index contributed by atoms with van der Waals surface area (Å²) in [6.45, 7) is 4.94. The van der Waals surface area contributed by atoms with Gasteiger partial charge >= 0.3 is 0 Å². The lowest BCUT2D eigenvalue weighted by Crippen LogP contribution is -2.46. The van der Waals surface area contributed by atoms with Gasteiger partial charge in [-0.15, -0.1) is 0 Å². The monoisotopic (exact) mass is 376 g/mol. The molecule has 1 atom stereocenters. The van der Waals surface area contributed by atoms with Crippen molar-refractivity contribution in [2.75, 3.05) is 13.1 Å². The summed E-state index contributed by atoms with van der Waals surface area (Å²) in [6.07, 6.45) is 2.17. The first-order valence-corrected chi connectivity index (χ1v) is 9.96. The van der Waals surface area contributed by atoms with Gasteiger partial charge in [-0.2, -0.15) is 0 Å². The van der Waals surface area contributed by atoms with Crippen molar-refractivity contribution in [1.82, 2.24) is 10.2 Å². The molecule has 0 bridgehead atoms. The number of hydrogen-bond acceptors (Lipinski definition) is 4. The van der Waals surface area contributed by atoms with Gasteiger partial charge in [-0.3, -0.25) is 4.79 Å². The maximum Gasteiger partial charge on any atom is 0.254 e. The minimum Gasteiger partial charge on any atom is -0.485 e. The maximum absolute atomic E-state index is 12.9. The smallest absolute Gasteiger partial charge is 0.254 e. The molecule has 1 saturated heterocycles. The molecule has 0 aliphatic carbocycles. The molecule has 28 heavy (non-hydrogen) atoms. The molecule has 1 fully saturated rings. The van der Waals surface area contributed by atoms with Crippen molar-refractivity contribution in [3.63, 3.8) is 0 Å². The number of hydrogen-bond donors (Lipinski definition) is 1. The third-order valence-corrected chi connectivity index (χ3v) is 5.97. The lowest BCUT2D eigenvalue weighted by Gasteiger charge is -2.31.